The van der Waals surface area contributed by atoms with E-state index in [0.29, 0.717) is 32.8 Å². The molecule has 0 unspecified atom stereocenters. The number of nitrogens with two attached hydrogens (primary N) is 4. The molecule has 8 heterocycles. The number of sulfone groups is 2. The molecular weight excluding hydrogens is 1190 g/mol. The largest absolute Gasteiger partial charge is 0.488 e. The maximum atomic E-state index is 11.8. The van der Waals surface area contributed by atoms with Gasteiger partial charge in [0.15, 0.2) is 19.7 Å². The SMILES string of the molecule is C.CC1(C)OB(B2OC(C)(C)C(C)(C)O2)OC1(C)C.NC(=O)c1cnc(N)c2cc(-c3ccc4c(c3)CS(=O)(=O)C4)sc12.NC(=O)c1cnc(N)c2cc(Br)sc12.O=S(=O)(O)O.O=S1(=O)Cc2ccc(Br)cc2C1. The van der Waals surface area contributed by atoms with Crippen LogP contribution in [0.5, 0.6) is 0 Å². The summed E-state index contributed by atoms with van der Waals surface area (Å²) in [6.45, 7) is 16.2. The van der Waals surface area contributed by atoms with Crippen LogP contribution in [0.4, 0.5) is 11.6 Å². The normalized spacial score (nSPS) is 18.7. The zero-order valence-electron chi connectivity index (χ0n) is 40.6. The molecule has 0 atom stereocenters. The van der Waals surface area contributed by atoms with E-state index in [4.69, 9.17) is 59.1 Å². The summed E-state index contributed by atoms with van der Waals surface area (Å²) >= 11 is 9.44. The third-order valence-electron chi connectivity index (χ3n) is 12.6. The van der Waals surface area contributed by atoms with Gasteiger partial charge in [-0.1, -0.05) is 41.6 Å². The molecule has 0 aliphatic carbocycles. The van der Waals surface area contributed by atoms with Crippen LogP contribution in [-0.2, 0) is 71.7 Å². The number of nitrogen functional groups attached to an aromatic ring is 2. The highest BCUT2D eigenvalue weighted by atomic mass is 79.9. The van der Waals surface area contributed by atoms with E-state index in [1.54, 1.807) is 0 Å². The molecule has 10 N–H and O–H groups in total. The van der Waals surface area contributed by atoms with Crippen LogP contribution in [-0.4, -0.2) is 92.6 Å². The van der Waals surface area contributed by atoms with Crippen LogP contribution >= 0.6 is 54.5 Å². The number of primary amides is 2. The van der Waals surface area contributed by atoms with Gasteiger partial charge in [0.2, 0.25) is 0 Å². The van der Waals surface area contributed by atoms with Crippen molar-refractivity contribution in [2.75, 3.05) is 11.5 Å². The summed E-state index contributed by atoms with van der Waals surface area (Å²) in [5.41, 5.74) is 25.9. The van der Waals surface area contributed by atoms with E-state index < -0.39 is 55.9 Å². The highest BCUT2D eigenvalue weighted by Gasteiger charge is 2.63. The Morgan fingerprint density at radius 2 is 0.986 bits per heavy atom. The first-order valence-electron chi connectivity index (χ1n) is 21.7. The lowest BCUT2D eigenvalue weighted by atomic mass is 9.49. The van der Waals surface area contributed by atoms with Gasteiger partial charge in [-0.05, 0) is 129 Å². The molecule has 0 saturated carbocycles. The Hall–Kier alpha value is -4.10. The highest BCUT2D eigenvalue weighted by molar-refractivity contribution is 9.11. The Kier molecular flexibility index (Phi) is 18.1. The first kappa shape index (κ1) is 60.8. The predicted octanol–water partition coefficient (Wildman–Crippen LogP) is 7.92. The maximum Gasteiger partial charge on any atom is 0.488 e. The third-order valence-corrected chi connectivity index (χ3v) is 19.0. The molecule has 2 aromatic carbocycles. The number of carbonyl (C=O) groups excluding carboxylic acids is 2. The van der Waals surface area contributed by atoms with Gasteiger partial charge in [0.25, 0.3) is 11.8 Å². The van der Waals surface area contributed by atoms with E-state index in [9.17, 15) is 26.4 Å². The van der Waals surface area contributed by atoms with E-state index in [1.165, 1.54) is 35.1 Å². The van der Waals surface area contributed by atoms with Crippen LogP contribution in [0.3, 0.4) is 0 Å². The minimum Gasteiger partial charge on any atom is -0.405 e. The zero-order chi connectivity index (χ0) is 54.6. The van der Waals surface area contributed by atoms with Crippen LogP contribution in [0.15, 0.2) is 69.2 Å². The fraction of sp³-hybridized carbons (Fsp3) is 0.378. The average Bonchev–Trinajstić information content (AvgIpc) is 4.06. The van der Waals surface area contributed by atoms with Crippen LogP contribution < -0.4 is 22.9 Å². The van der Waals surface area contributed by atoms with E-state index >= 15 is 0 Å². The number of thiophene rings is 2. The molecule has 0 bridgehead atoms. The fourth-order valence-corrected chi connectivity index (χ4v) is 13.9. The number of halogens is 2. The number of rotatable bonds is 4. The minimum absolute atomic E-state index is 0. The Bertz CT molecular complexity index is 3430. The number of anilines is 2. The molecule has 20 nitrogen and oxygen atoms in total. The second kappa shape index (κ2) is 22.1. The van der Waals surface area contributed by atoms with Crippen LogP contribution in [0.25, 0.3) is 30.6 Å². The van der Waals surface area contributed by atoms with Gasteiger partial charge in [0.1, 0.15) is 11.6 Å². The number of benzene rings is 2. The number of hydrogen-bond donors (Lipinski definition) is 6. The summed E-state index contributed by atoms with van der Waals surface area (Å²) in [4.78, 5) is 31.5. The van der Waals surface area contributed by atoms with Crippen LogP contribution in [0.2, 0.25) is 0 Å². The molecular formula is C45H56B2Br2N6O14S5. The first-order valence-corrected chi connectivity index (χ1v) is 30.0. The number of nitrogens with zero attached hydrogens (tertiary/aromatic N) is 2. The molecule has 2 fully saturated rings. The number of pyridine rings is 2. The second-order valence-electron chi connectivity index (χ2n) is 19.1. The topological polar surface area (TPSA) is 344 Å². The van der Waals surface area contributed by atoms with E-state index in [-0.39, 0.29) is 52.8 Å². The summed E-state index contributed by atoms with van der Waals surface area (Å²) in [6.07, 6.45) is 2.79. The Labute approximate surface area is 455 Å². The van der Waals surface area contributed by atoms with E-state index in [2.05, 4.69) is 41.8 Å². The van der Waals surface area contributed by atoms with Crippen molar-refractivity contribution in [3.05, 3.63) is 103 Å². The van der Waals surface area contributed by atoms with Gasteiger partial charge in [-0.2, -0.15) is 8.42 Å². The van der Waals surface area contributed by atoms with Crippen molar-refractivity contribution in [1.82, 2.24) is 9.97 Å². The zero-order valence-corrected chi connectivity index (χ0v) is 47.8. The Morgan fingerprint density at radius 3 is 1.41 bits per heavy atom. The first-order chi connectivity index (χ1) is 33.4. The average molecular weight is 1250 g/mol. The lowest BCUT2D eigenvalue weighted by Crippen LogP contribution is -2.41. The second-order valence-corrected chi connectivity index (χ2v) is 28.6. The van der Waals surface area contributed by atoms with Crippen molar-refractivity contribution in [2.24, 2.45) is 11.5 Å². The summed E-state index contributed by atoms with van der Waals surface area (Å²) in [5.74, 6) is 0.262. The lowest BCUT2D eigenvalue weighted by Gasteiger charge is -2.32. The van der Waals surface area contributed by atoms with Crippen molar-refractivity contribution in [3.8, 4) is 10.4 Å². The van der Waals surface area contributed by atoms with Crippen molar-refractivity contribution < 1.29 is 62.6 Å². The standard InChI is InChI=1S/C16H13N3O3S2.C12H24B2O4.C8H6BrN3OS.C8H7BrO2S.CH4.H2O4S/c17-15-11-4-13(23-14(11)12(5-19-15)16(18)20)8-1-2-9-6-24(21,22)7-10(9)3-8;1-9(2)10(3,4)16-13(15-9)14-17-11(5,6)12(7,8)18-14;9-5-1-3-6(14-5)4(8(11)13)2-12-7(3)10;9-8-2-1-6-4-12(10,11)5-7(6)3-8;;1-5(2,3)4/h1-5H,6-7H2,(H2,17,19)(H2,18,20);1-8H3;1-2H,(H2,10,12)(H2,11,13);1-3H,4-5H2;1H4;(H2,1,2,3,4). The van der Waals surface area contributed by atoms with Gasteiger partial charge in [-0.3, -0.25) is 18.7 Å². The summed E-state index contributed by atoms with van der Waals surface area (Å²) in [5, 5.41) is 1.44. The molecule has 74 heavy (non-hydrogen) atoms. The summed E-state index contributed by atoms with van der Waals surface area (Å²) < 4.78 is 105. The molecule has 4 aliphatic rings. The van der Waals surface area contributed by atoms with Crippen LogP contribution in [0.1, 0.15) is 106 Å². The van der Waals surface area contributed by atoms with Gasteiger partial charge in [0, 0.05) is 32.5 Å². The number of amides is 2. The molecule has 4 aliphatic heterocycles. The Morgan fingerprint density at radius 1 is 0.622 bits per heavy atom. The number of fused-ring (bicyclic) bond motifs is 4. The number of aromatic nitrogens is 2. The molecule has 400 valence electrons. The quantitative estimate of drug-likeness (QED) is 0.0720. The van der Waals surface area contributed by atoms with Crippen molar-refractivity contribution in [1.29, 1.82) is 0 Å². The molecule has 6 aromatic rings. The highest BCUT2D eigenvalue weighted by Crippen LogP contribution is 2.44. The molecule has 29 heteroatoms. The molecule has 0 spiro atoms. The summed E-state index contributed by atoms with van der Waals surface area (Å²) in [7, 11) is -11.5. The summed E-state index contributed by atoms with van der Waals surface area (Å²) in [6, 6.07) is 14.9. The van der Waals surface area contributed by atoms with Crippen molar-refractivity contribution >= 4 is 142 Å². The van der Waals surface area contributed by atoms with Crippen molar-refractivity contribution in [3.63, 3.8) is 0 Å². The Balaban J connectivity index is 0.000000182. The van der Waals surface area contributed by atoms with Gasteiger partial charge in [0.05, 0.1) is 69.7 Å². The van der Waals surface area contributed by atoms with Gasteiger partial charge in [-0.15, -0.1) is 22.7 Å². The molecule has 10 rings (SSSR count). The smallest absolute Gasteiger partial charge is 0.405 e. The minimum atomic E-state index is -4.67. The van der Waals surface area contributed by atoms with E-state index in [0.717, 1.165) is 51.0 Å². The lowest BCUT2D eigenvalue weighted by molar-refractivity contribution is 0.00578. The molecule has 2 saturated heterocycles. The van der Waals surface area contributed by atoms with Gasteiger partial charge >= 0.3 is 24.4 Å². The van der Waals surface area contributed by atoms with Crippen LogP contribution in [0, 0.1) is 0 Å². The van der Waals surface area contributed by atoms with Gasteiger partial charge < -0.3 is 41.6 Å². The van der Waals surface area contributed by atoms with Gasteiger partial charge in [-0.25, -0.2) is 26.8 Å². The number of hydrogen-bond acceptors (Lipinski definition) is 18. The monoisotopic (exact) mass is 1240 g/mol. The molecule has 4 aromatic heterocycles. The van der Waals surface area contributed by atoms with Crippen molar-refractivity contribution in [2.45, 2.75) is 108 Å². The predicted molar refractivity (Wildman–Crippen MR) is 298 cm³/mol. The molecule has 0 radical (unpaired) electrons. The fourth-order valence-electron chi connectivity index (χ4n) is 7.52. The molecule has 2 amide bonds. The maximum absolute atomic E-state index is 11.8. The third kappa shape index (κ3) is 14.3. The van der Waals surface area contributed by atoms with E-state index in [1.807, 2.05) is 104 Å². The number of carbonyl (C=O) groups is 2.